The van der Waals surface area contributed by atoms with Crippen LogP contribution in [0.3, 0.4) is 0 Å². The summed E-state index contributed by atoms with van der Waals surface area (Å²) in [5, 5.41) is 2.64. The van der Waals surface area contributed by atoms with Crippen molar-refractivity contribution >= 4 is 28.2 Å². The lowest BCUT2D eigenvalue weighted by atomic mass is 10.2. The molecular formula is C13H21ClN2O3S. The molecular weight excluding hydrogens is 300 g/mol. The third kappa shape index (κ3) is 8.14. The number of sulfone groups is 1. The molecule has 114 valence electrons. The number of nitrogens with two attached hydrogens (primary N) is 1. The van der Waals surface area contributed by atoms with Crippen LogP contribution in [-0.4, -0.2) is 33.2 Å². The number of carbonyl (C=O) groups is 1. The number of nitrogens with one attached hydrogen (secondary N) is 1. The van der Waals surface area contributed by atoms with Gasteiger partial charge >= 0.3 is 0 Å². The maximum absolute atomic E-state index is 11.8. The quantitative estimate of drug-likeness (QED) is 0.696. The summed E-state index contributed by atoms with van der Waals surface area (Å²) in [5.41, 5.74) is 6.02. The average Bonchev–Trinajstić information content (AvgIpc) is 2.36. The molecule has 1 amide bonds. The van der Waals surface area contributed by atoms with E-state index in [1.54, 1.807) is 12.1 Å². The van der Waals surface area contributed by atoms with Crippen molar-refractivity contribution in [1.29, 1.82) is 0 Å². The van der Waals surface area contributed by atoms with Crippen LogP contribution >= 0.6 is 12.4 Å². The number of carbonyl (C=O) groups excluding carboxylic acids is 1. The molecule has 0 aromatic heterocycles. The fourth-order valence-electron chi connectivity index (χ4n) is 1.64. The lowest BCUT2D eigenvalue weighted by Gasteiger charge is -2.06. The Hall–Kier alpha value is -1.11. The van der Waals surface area contributed by atoms with Gasteiger partial charge in [-0.25, -0.2) is 8.42 Å². The topological polar surface area (TPSA) is 89.3 Å². The van der Waals surface area contributed by atoms with Crippen molar-refractivity contribution in [3.05, 3.63) is 35.9 Å². The molecule has 0 bridgehead atoms. The van der Waals surface area contributed by atoms with Crippen LogP contribution in [0.15, 0.2) is 30.3 Å². The zero-order chi connectivity index (χ0) is 14.1. The van der Waals surface area contributed by atoms with Crippen molar-refractivity contribution in [3.8, 4) is 0 Å². The van der Waals surface area contributed by atoms with Crippen molar-refractivity contribution < 1.29 is 13.2 Å². The van der Waals surface area contributed by atoms with Crippen LogP contribution in [0.2, 0.25) is 0 Å². The normalized spacial score (nSPS) is 10.7. The summed E-state index contributed by atoms with van der Waals surface area (Å²) < 4.78 is 23.7. The van der Waals surface area contributed by atoms with Crippen LogP contribution in [0.1, 0.15) is 18.4 Å². The third-order valence-electron chi connectivity index (χ3n) is 2.56. The number of halogens is 1. The smallest absolute Gasteiger partial charge is 0.221 e. The van der Waals surface area contributed by atoms with E-state index >= 15 is 0 Å². The molecule has 0 aliphatic heterocycles. The molecule has 0 aliphatic rings. The van der Waals surface area contributed by atoms with Gasteiger partial charge < -0.3 is 11.1 Å². The number of hydrogen-bond donors (Lipinski definition) is 2. The van der Waals surface area contributed by atoms with Crippen LogP contribution in [-0.2, 0) is 20.4 Å². The molecule has 5 nitrogen and oxygen atoms in total. The highest BCUT2D eigenvalue weighted by Gasteiger charge is 2.11. The van der Waals surface area contributed by atoms with Crippen LogP contribution < -0.4 is 11.1 Å². The summed E-state index contributed by atoms with van der Waals surface area (Å²) in [6, 6.07) is 9.07. The molecule has 0 fully saturated rings. The predicted molar refractivity (Wildman–Crippen MR) is 82.5 cm³/mol. The first-order chi connectivity index (χ1) is 9.03. The summed E-state index contributed by atoms with van der Waals surface area (Å²) in [7, 11) is -3.12. The van der Waals surface area contributed by atoms with E-state index in [1.807, 2.05) is 18.2 Å². The Labute approximate surface area is 126 Å². The lowest BCUT2D eigenvalue weighted by molar-refractivity contribution is -0.120. The SMILES string of the molecule is Cl.NCCC(=O)NCCCS(=O)(=O)Cc1ccccc1. The molecule has 0 heterocycles. The first-order valence-corrected chi connectivity index (χ1v) is 8.07. The van der Waals surface area contributed by atoms with Gasteiger partial charge in [0.1, 0.15) is 0 Å². The van der Waals surface area contributed by atoms with Gasteiger partial charge in [0, 0.05) is 19.5 Å². The summed E-state index contributed by atoms with van der Waals surface area (Å²) >= 11 is 0. The van der Waals surface area contributed by atoms with Gasteiger partial charge in [-0.1, -0.05) is 30.3 Å². The molecule has 0 aliphatic carbocycles. The van der Waals surface area contributed by atoms with Gasteiger partial charge in [-0.05, 0) is 12.0 Å². The summed E-state index contributed by atoms with van der Waals surface area (Å²) in [6.45, 7) is 0.672. The summed E-state index contributed by atoms with van der Waals surface area (Å²) in [4.78, 5) is 11.1. The second-order valence-electron chi connectivity index (χ2n) is 4.32. The Morgan fingerprint density at radius 3 is 2.45 bits per heavy atom. The van der Waals surface area contributed by atoms with Gasteiger partial charge in [0.25, 0.3) is 0 Å². The highest BCUT2D eigenvalue weighted by atomic mass is 35.5. The molecule has 0 saturated heterocycles. The molecule has 3 N–H and O–H groups in total. The molecule has 1 aromatic rings. The van der Waals surface area contributed by atoms with Gasteiger partial charge in [0.2, 0.25) is 5.91 Å². The van der Waals surface area contributed by atoms with Crippen molar-refractivity contribution in [2.45, 2.75) is 18.6 Å². The van der Waals surface area contributed by atoms with Crippen molar-refractivity contribution in [1.82, 2.24) is 5.32 Å². The fraction of sp³-hybridized carbons (Fsp3) is 0.462. The number of benzene rings is 1. The Bertz CT molecular complexity index is 492. The number of rotatable bonds is 8. The minimum Gasteiger partial charge on any atom is -0.356 e. The summed E-state index contributed by atoms with van der Waals surface area (Å²) in [6.07, 6.45) is 0.697. The Morgan fingerprint density at radius 2 is 1.85 bits per heavy atom. The molecule has 0 spiro atoms. The maximum Gasteiger partial charge on any atom is 0.221 e. The highest BCUT2D eigenvalue weighted by molar-refractivity contribution is 7.90. The molecule has 1 rings (SSSR count). The Morgan fingerprint density at radius 1 is 1.20 bits per heavy atom. The van der Waals surface area contributed by atoms with E-state index in [2.05, 4.69) is 5.32 Å². The van der Waals surface area contributed by atoms with Gasteiger partial charge in [0.15, 0.2) is 9.84 Å². The Balaban J connectivity index is 0.00000361. The first-order valence-electron chi connectivity index (χ1n) is 6.24. The predicted octanol–water partition coefficient (Wildman–Crippen LogP) is 0.878. The average molecular weight is 321 g/mol. The zero-order valence-electron chi connectivity index (χ0n) is 11.2. The lowest BCUT2D eigenvalue weighted by Crippen LogP contribution is -2.27. The van der Waals surface area contributed by atoms with Crippen molar-refractivity contribution in [2.24, 2.45) is 5.73 Å². The third-order valence-corrected chi connectivity index (χ3v) is 4.24. The van der Waals surface area contributed by atoms with E-state index in [-0.39, 0.29) is 36.2 Å². The highest BCUT2D eigenvalue weighted by Crippen LogP contribution is 2.06. The second-order valence-corrected chi connectivity index (χ2v) is 6.50. The number of hydrogen-bond acceptors (Lipinski definition) is 4. The van der Waals surface area contributed by atoms with Crippen LogP contribution in [0, 0.1) is 0 Å². The molecule has 7 heteroatoms. The Kier molecular flexibility index (Phi) is 9.20. The van der Waals surface area contributed by atoms with E-state index < -0.39 is 9.84 Å². The summed E-state index contributed by atoms with van der Waals surface area (Å²) in [5.74, 6) is -0.0157. The maximum atomic E-state index is 11.8. The molecule has 0 unspecified atom stereocenters. The number of amides is 1. The van der Waals surface area contributed by atoms with Gasteiger partial charge in [-0.2, -0.15) is 0 Å². The zero-order valence-corrected chi connectivity index (χ0v) is 12.9. The first kappa shape index (κ1) is 18.9. The van der Waals surface area contributed by atoms with Gasteiger partial charge in [-0.15, -0.1) is 12.4 Å². The van der Waals surface area contributed by atoms with Crippen LogP contribution in [0.5, 0.6) is 0 Å². The molecule has 0 atom stereocenters. The fourth-order valence-corrected chi connectivity index (χ4v) is 3.07. The van der Waals surface area contributed by atoms with E-state index in [1.165, 1.54) is 0 Å². The molecule has 0 radical (unpaired) electrons. The molecule has 20 heavy (non-hydrogen) atoms. The second kappa shape index (κ2) is 9.74. The monoisotopic (exact) mass is 320 g/mol. The van der Waals surface area contributed by atoms with Gasteiger partial charge in [-0.3, -0.25) is 4.79 Å². The van der Waals surface area contributed by atoms with E-state index in [0.717, 1.165) is 5.56 Å². The molecule has 0 saturated carbocycles. The van der Waals surface area contributed by atoms with E-state index in [9.17, 15) is 13.2 Å². The van der Waals surface area contributed by atoms with E-state index in [0.29, 0.717) is 19.5 Å². The van der Waals surface area contributed by atoms with Crippen LogP contribution in [0.4, 0.5) is 0 Å². The van der Waals surface area contributed by atoms with Gasteiger partial charge in [0.05, 0.1) is 11.5 Å². The van der Waals surface area contributed by atoms with Crippen molar-refractivity contribution in [2.75, 3.05) is 18.8 Å². The minimum atomic E-state index is -3.12. The van der Waals surface area contributed by atoms with Crippen molar-refractivity contribution in [3.63, 3.8) is 0 Å². The minimum absolute atomic E-state index is 0. The molecule has 1 aromatic carbocycles. The standard InChI is InChI=1S/C13H20N2O3S.ClH/c14-8-7-13(16)15-9-4-10-19(17,18)11-12-5-2-1-3-6-12;/h1-3,5-6H,4,7-11,14H2,(H,15,16);1H. The van der Waals surface area contributed by atoms with E-state index in [4.69, 9.17) is 5.73 Å². The largest absolute Gasteiger partial charge is 0.356 e. The van der Waals surface area contributed by atoms with Crippen LogP contribution in [0.25, 0.3) is 0 Å².